The normalized spacial score (nSPS) is 10.6. The van der Waals surface area contributed by atoms with Crippen LogP contribution in [0, 0.1) is 9.39 Å². The van der Waals surface area contributed by atoms with E-state index in [0.29, 0.717) is 36.3 Å². The summed E-state index contributed by atoms with van der Waals surface area (Å²) in [5.41, 5.74) is 2.97. The van der Waals surface area contributed by atoms with E-state index in [2.05, 4.69) is 34.0 Å². The van der Waals surface area contributed by atoms with Crippen LogP contribution in [0.15, 0.2) is 60.7 Å². The predicted octanol–water partition coefficient (Wildman–Crippen LogP) is 6.67. The van der Waals surface area contributed by atoms with Crippen LogP contribution in [0.3, 0.4) is 0 Å². The van der Waals surface area contributed by atoms with Crippen molar-refractivity contribution >= 4 is 39.9 Å². The van der Waals surface area contributed by atoms with E-state index in [9.17, 15) is 4.39 Å². The Hall–Kier alpha value is -1.99. The number of ether oxygens (including phenoxy) is 2. The van der Waals surface area contributed by atoms with Gasteiger partial charge in [0, 0.05) is 17.3 Å². The third kappa shape index (κ3) is 5.75. The topological polar surface area (TPSA) is 30.5 Å². The van der Waals surface area contributed by atoms with Gasteiger partial charge < -0.3 is 14.8 Å². The Morgan fingerprint density at radius 2 is 1.68 bits per heavy atom. The zero-order valence-corrected chi connectivity index (χ0v) is 18.3. The molecule has 28 heavy (non-hydrogen) atoms. The first-order valence-electron chi connectivity index (χ1n) is 8.87. The van der Waals surface area contributed by atoms with Crippen molar-refractivity contribution in [1.29, 1.82) is 0 Å². The first kappa shape index (κ1) is 20.7. The number of halogens is 3. The highest BCUT2D eigenvalue weighted by atomic mass is 127. The number of hydrogen-bond acceptors (Lipinski definition) is 3. The second kappa shape index (κ2) is 9.98. The Balaban J connectivity index is 1.73. The van der Waals surface area contributed by atoms with Gasteiger partial charge in [-0.3, -0.25) is 0 Å². The van der Waals surface area contributed by atoms with Gasteiger partial charge in [-0.05, 0) is 89.2 Å². The monoisotopic (exact) mass is 511 g/mol. The fourth-order valence-corrected chi connectivity index (χ4v) is 3.58. The fraction of sp³-hybridized carbons (Fsp3) is 0.182. The van der Waals surface area contributed by atoms with Crippen LogP contribution in [-0.2, 0) is 13.2 Å². The van der Waals surface area contributed by atoms with Gasteiger partial charge in [-0.2, -0.15) is 0 Å². The summed E-state index contributed by atoms with van der Waals surface area (Å²) in [7, 11) is 0. The largest absolute Gasteiger partial charge is 0.490 e. The predicted molar refractivity (Wildman–Crippen MR) is 120 cm³/mol. The average Bonchev–Trinajstić information content (AvgIpc) is 2.68. The first-order chi connectivity index (χ1) is 13.5. The molecule has 0 radical (unpaired) electrons. The molecule has 1 N–H and O–H groups in total. The molecule has 0 aromatic heterocycles. The lowest BCUT2D eigenvalue weighted by Crippen LogP contribution is -2.05. The second-order valence-corrected chi connectivity index (χ2v) is 7.71. The Morgan fingerprint density at radius 3 is 2.36 bits per heavy atom. The molecule has 3 aromatic rings. The Bertz CT molecular complexity index is 917. The van der Waals surface area contributed by atoms with Crippen LogP contribution < -0.4 is 14.8 Å². The molecule has 0 aliphatic carbocycles. The van der Waals surface area contributed by atoms with Gasteiger partial charge in [0.25, 0.3) is 0 Å². The molecule has 0 spiro atoms. The van der Waals surface area contributed by atoms with Gasteiger partial charge in [0.05, 0.1) is 10.2 Å². The summed E-state index contributed by atoms with van der Waals surface area (Å²) in [6, 6.07) is 17.9. The van der Waals surface area contributed by atoms with Crippen molar-refractivity contribution in [3.05, 3.63) is 86.2 Å². The molecule has 3 nitrogen and oxygen atoms in total. The molecule has 0 heterocycles. The first-order valence-corrected chi connectivity index (χ1v) is 10.3. The van der Waals surface area contributed by atoms with Crippen LogP contribution in [0.1, 0.15) is 18.1 Å². The van der Waals surface area contributed by atoms with Crippen LogP contribution in [0.4, 0.5) is 10.1 Å². The molecule has 0 aliphatic rings. The summed E-state index contributed by atoms with van der Waals surface area (Å²) >= 11 is 8.17. The molecule has 0 saturated heterocycles. The van der Waals surface area contributed by atoms with Crippen molar-refractivity contribution in [2.45, 2.75) is 20.1 Å². The lowest BCUT2D eigenvalue weighted by atomic mass is 10.2. The Morgan fingerprint density at radius 1 is 0.964 bits per heavy atom. The van der Waals surface area contributed by atoms with E-state index < -0.39 is 0 Å². The van der Waals surface area contributed by atoms with Gasteiger partial charge in [0.2, 0.25) is 0 Å². The maximum Gasteiger partial charge on any atom is 0.174 e. The standard InChI is InChI=1S/C22H20ClFINO2/c1-2-27-21-12-16(13-26-19-9-5-17(23)6-10-19)11-20(25)22(21)28-14-15-3-7-18(24)8-4-15/h3-12,26H,2,13-14H2,1H3. The fourth-order valence-electron chi connectivity index (χ4n) is 2.63. The number of benzene rings is 3. The second-order valence-electron chi connectivity index (χ2n) is 6.11. The van der Waals surface area contributed by atoms with Crippen molar-refractivity contribution in [2.75, 3.05) is 11.9 Å². The molecule has 3 aromatic carbocycles. The lowest BCUT2D eigenvalue weighted by Gasteiger charge is -2.16. The number of anilines is 1. The van der Waals surface area contributed by atoms with Crippen molar-refractivity contribution in [3.63, 3.8) is 0 Å². The summed E-state index contributed by atoms with van der Waals surface area (Å²) in [6.07, 6.45) is 0. The molecule has 6 heteroatoms. The van der Waals surface area contributed by atoms with Crippen molar-refractivity contribution < 1.29 is 13.9 Å². The van der Waals surface area contributed by atoms with E-state index >= 15 is 0 Å². The molecule has 3 rings (SSSR count). The van der Waals surface area contributed by atoms with Gasteiger partial charge in [0.15, 0.2) is 11.5 Å². The van der Waals surface area contributed by atoms with E-state index in [-0.39, 0.29) is 5.82 Å². The summed E-state index contributed by atoms with van der Waals surface area (Å²) in [6.45, 7) is 3.47. The maximum absolute atomic E-state index is 13.1. The molecule has 0 unspecified atom stereocenters. The van der Waals surface area contributed by atoms with Gasteiger partial charge in [-0.1, -0.05) is 23.7 Å². The number of hydrogen-bond donors (Lipinski definition) is 1. The summed E-state index contributed by atoms with van der Waals surface area (Å²) in [4.78, 5) is 0. The molecule has 146 valence electrons. The van der Waals surface area contributed by atoms with Crippen LogP contribution in [0.5, 0.6) is 11.5 Å². The zero-order chi connectivity index (χ0) is 19.9. The van der Waals surface area contributed by atoms with Crippen molar-refractivity contribution in [1.82, 2.24) is 0 Å². The molecule has 0 saturated carbocycles. The molecule has 0 aliphatic heterocycles. The van der Waals surface area contributed by atoms with Crippen LogP contribution >= 0.6 is 34.2 Å². The van der Waals surface area contributed by atoms with E-state index in [1.54, 1.807) is 12.1 Å². The quantitative estimate of drug-likeness (QED) is 0.343. The smallest absolute Gasteiger partial charge is 0.174 e. The molecule has 0 amide bonds. The van der Waals surface area contributed by atoms with Crippen molar-refractivity contribution in [2.24, 2.45) is 0 Å². The highest BCUT2D eigenvalue weighted by molar-refractivity contribution is 14.1. The highest BCUT2D eigenvalue weighted by Crippen LogP contribution is 2.35. The summed E-state index contributed by atoms with van der Waals surface area (Å²) in [5.74, 6) is 1.14. The molecule has 0 atom stereocenters. The summed E-state index contributed by atoms with van der Waals surface area (Å²) < 4.78 is 25.8. The maximum atomic E-state index is 13.1. The number of rotatable bonds is 8. The Kier molecular flexibility index (Phi) is 7.39. The molecule has 0 bridgehead atoms. The average molecular weight is 512 g/mol. The van der Waals surface area contributed by atoms with Gasteiger partial charge >= 0.3 is 0 Å². The van der Waals surface area contributed by atoms with Gasteiger partial charge in [0.1, 0.15) is 12.4 Å². The zero-order valence-electron chi connectivity index (χ0n) is 15.3. The SMILES string of the molecule is CCOc1cc(CNc2ccc(Cl)cc2)cc(I)c1OCc1ccc(F)cc1. The highest BCUT2D eigenvalue weighted by Gasteiger charge is 2.13. The van der Waals surface area contributed by atoms with Crippen LogP contribution in [0.2, 0.25) is 5.02 Å². The lowest BCUT2D eigenvalue weighted by molar-refractivity contribution is 0.267. The molecular weight excluding hydrogens is 492 g/mol. The van der Waals surface area contributed by atoms with Crippen molar-refractivity contribution in [3.8, 4) is 11.5 Å². The minimum atomic E-state index is -0.258. The van der Waals surface area contributed by atoms with E-state index in [1.165, 1.54) is 12.1 Å². The minimum Gasteiger partial charge on any atom is -0.490 e. The van der Waals surface area contributed by atoms with Gasteiger partial charge in [-0.15, -0.1) is 0 Å². The van der Waals surface area contributed by atoms with Gasteiger partial charge in [-0.25, -0.2) is 4.39 Å². The molecular formula is C22H20ClFINO2. The number of nitrogens with one attached hydrogen (secondary N) is 1. The van der Waals surface area contributed by atoms with E-state index in [0.717, 1.165) is 20.4 Å². The van der Waals surface area contributed by atoms with E-state index in [4.69, 9.17) is 21.1 Å². The third-order valence-corrected chi connectivity index (χ3v) is 5.06. The third-order valence-electron chi connectivity index (χ3n) is 4.01. The minimum absolute atomic E-state index is 0.258. The van der Waals surface area contributed by atoms with Crippen LogP contribution in [0.25, 0.3) is 0 Å². The van der Waals surface area contributed by atoms with Crippen LogP contribution in [-0.4, -0.2) is 6.61 Å². The summed E-state index contributed by atoms with van der Waals surface area (Å²) in [5, 5.41) is 4.08. The molecule has 0 fully saturated rings. The van der Waals surface area contributed by atoms with E-state index in [1.807, 2.05) is 37.3 Å². The Labute approximate surface area is 183 Å².